The predicted octanol–water partition coefficient (Wildman–Crippen LogP) is 2.98. The summed E-state index contributed by atoms with van der Waals surface area (Å²) in [5, 5.41) is 3.88. The molecule has 2 aliphatic rings. The number of hydrogen-bond acceptors (Lipinski definition) is 3. The molecular weight excluding hydrogens is 240 g/mol. The van der Waals surface area contributed by atoms with Crippen molar-refractivity contribution in [2.75, 3.05) is 31.1 Å². The maximum Gasteiger partial charge on any atom is 0.0304 e. The van der Waals surface area contributed by atoms with Gasteiger partial charge in [-0.3, -0.25) is 4.90 Å². The lowest BCUT2D eigenvalue weighted by Crippen LogP contribution is -2.64. The minimum absolute atomic E-state index is 0.391. The molecule has 0 amide bonds. The quantitative estimate of drug-likeness (QED) is 0.716. The van der Waals surface area contributed by atoms with E-state index >= 15 is 0 Å². The zero-order valence-electron chi connectivity index (χ0n) is 12.4. The second-order valence-corrected chi connectivity index (χ2v) is 7.33. The van der Waals surface area contributed by atoms with Crippen molar-refractivity contribution in [2.45, 2.75) is 58.0 Å². The summed E-state index contributed by atoms with van der Waals surface area (Å²) in [6.45, 7) is 10.7. The summed E-state index contributed by atoms with van der Waals surface area (Å²) in [4.78, 5) is 2.81. The van der Waals surface area contributed by atoms with Crippen LogP contribution in [-0.4, -0.2) is 47.6 Å². The van der Waals surface area contributed by atoms with Crippen molar-refractivity contribution in [3.05, 3.63) is 0 Å². The monoisotopic (exact) mass is 270 g/mol. The molecule has 106 valence electrons. The van der Waals surface area contributed by atoms with Crippen molar-refractivity contribution < 1.29 is 0 Å². The Morgan fingerprint density at radius 2 is 1.94 bits per heavy atom. The summed E-state index contributed by atoms with van der Waals surface area (Å²) in [6.07, 6.45) is 5.46. The van der Waals surface area contributed by atoms with Gasteiger partial charge in [-0.05, 0) is 37.4 Å². The SMILES string of the molecule is CCSCCN1CC(CC)(CC)NCC1C1CC1. The van der Waals surface area contributed by atoms with Gasteiger partial charge in [0.25, 0.3) is 0 Å². The smallest absolute Gasteiger partial charge is 0.0304 e. The van der Waals surface area contributed by atoms with Crippen molar-refractivity contribution in [1.82, 2.24) is 10.2 Å². The van der Waals surface area contributed by atoms with Gasteiger partial charge in [0, 0.05) is 37.0 Å². The third kappa shape index (κ3) is 3.43. The second-order valence-electron chi connectivity index (χ2n) is 5.94. The molecule has 0 aromatic heterocycles. The minimum atomic E-state index is 0.391. The third-order valence-electron chi connectivity index (χ3n) is 4.91. The lowest BCUT2D eigenvalue weighted by atomic mass is 9.87. The fraction of sp³-hybridized carbons (Fsp3) is 1.00. The summed E-state index contributed by atoms with van der Waals surface area (Å²) in [6, 6.07) is 0.827. The van der Waals surface area contributed by atoms with Crippen LogP contribution in [0, 0.1) is 5.92 Å². The van der Waals surface area contributed by atoms with Gasteiger partial charge in [0.15, 0.2) is 0 Å². The molecule has 1 unspecified atom stereocenters. The van der Waals surface area contributed by atoms with Gasteiger partial charge in [-0.15, -0.1) is 0 Å². The molecule has 3 heteroatoms. The molecule has 1 heterocycles. The highest BCUT2D eigenvalue weighted by Crippen LogP contribution is 2.38. The van der Waals surface area contributed by atoms with Gasteiger partial charge in [0.1, 0.15) is 0 Å². The Kier molecular flexibility index (Phi) is 5.40. The van der Waals surface area contributed by atoms with E-state index in [0.29, 0.717) is 5.54 Å². The van der Waals surface area contributed by atoms with Crippen molar-refractivity contribution in [3.63, 3.8) is 0 Å². The van der Waals surface area contributed by atoms with Crippen molar-refractivity contribution >= 4 is 11.8 Å². The minimum Gasteiger partial charge on any atom is -0.308 e. The van der Waals surface area contributed by atoms with E-state index in [0.717, 1.165) is 12.0 Å². The summed E-state index contributed by atoms with van der Waals surface area (Å²) in [7, 11) is 0. The van der Waals surface area contributed by atoms with Crippen LogP contribution in [-0.2, 0) is 0 Å². The molecule has 0 bridgehead atoms. The maximum atomic E-state index is 3.88. The van der Waals surface area contributed by atoms with E-state index in [4.69, 9.17) is 0 Å². The largest absolute Gasteiger partial charge is 0.308 e. The molecule has 2 fully saturated rings. The number of thioether (sulfide) groups is 1. The molecule has 1 saturated carbocycles. The van der Waals surface area contributed by atoms with Crippen LogP contribution in [0.5, 0.6) is 0 Å². The molecule has 18 heavy (non-hydrogen) atoms. The maximum absolute atomic E-state index is 3.88. The highest BCUT2D eigenvalue weighted by Gasteiger charge is 2.42. The highest BCUT2D eigenvalue weighted by molar-refractivity contribution is 7.99. The second kappa shape index (κ2) is 6.62. The average molecular weight is 270 g/mol. The molecule has 1 atom stereocenters. The van der Waals surface area contributed by atoms with Crippen molar-refractivity contribution in [3.8, 4) is 0 Å². The Hall–Kier alpha value is 0.270. The molecule has 1 saturated heterocycles. The fourth-order valence-electron chi connectivity index (χ4n) is 3.25. The third-order valence-corrected chi connectivity index (χ3v) is 5.79. The summed E-state index contributed by atoms with van der Waals surface area (Å²) >= 11 is 2.09. The average Bonchev–Trinajstić information content (AvgIpc) is 3.23. The lowest BCUT2D eigenvalue weighted by molar-refractivity contribution is 0.0676. The topological polar surface area (TPSA) is 15.3 Å². The molecule has 0 aromatic carbocycles. The Balaban J connectivity index is 1.93. The van der Waals surface area contributed by atoms with E-state index < -0.39 is 0 Å². The Labute approximate surface area is 117 Å². The molecule has 0 spiro atoms. The standard InChI is InChI=1S/C15H30N2S/c1-4-15(5-2)12-17(9-10-18-6-3)14(11-16-15)13-7-8-13/h13-14,16H,4-12H2,1-3H3. The Morgan fingerprint density at radius 1 is 1.22 bits per heavy atom. The first kappa shape index (κ1) is 14.7. The number of rotatable bonds is 7. The van der Waals surface area contributed by atoms with Crippen molar-refractivity contribution in [1.29, 1.82) is 0 Å². The molecule has 0 radical (unpaired) electrons. The van der Waals surface area contributed by atoms with Gasteiger partial charge in [0.05, 0.1) is 0 Å². The Bertz CT molecular complexity index is 249. The van der Waals surface area contributed by atoms with Gasteiger partial charge in [-0.2, -0.15) is 11.8 Å². The first-order valence-corrected chi connectivity index (χ1v) is 8.97. The molecule has 1 N–H and O–H groups in total. The summed E-state index contributed by atoms with van der Waals surface area (Å²) in [5.41, 5.74) is 0.391. The molecule has 2 rings (SSSR count). The van der Waals surface area contributed by atoms with Crippen LogP contribution in [0.25, 0.3) is 0 Å². The number of nitrogens with one attached hydrogen (secondary N) is 1. The highest BCUT2D eigenvalue weighted by atomic mass is 32.2. The predicted molar refractivity (Wildman–Crippen MR) is 82.4 cm³/mol. The number of nitrogens with zero attached hydrogens (tertiary/aromatic N) is 1. The molecule has 1 aliphatic carbocycles. The number of hydrogen-bond donors (Lipinski definition) is 1. The number of piperazine rings is 1. The summed E-state index contributed by atoms with van der Waals surface area (Å²) < 4.78 is 0. The van der Waals surface area contributed by atoms with Gasteiger partial charge < -0.3 is 5.32 Å². The molecular formula is C15H30N2S. The van der Waals surface area contributed by atoms with E-state index in [1.807, 2.05) is 0 Å². The van der Waals surface area contributed by atoms with Crippen LogP contribution in [0.4, 0.5) is 0 Å². The Morgan fingerprint density at radius 3 is 2.50 bits per heavy atom. The van der Waals surface area contributed by atoms with E-state index in [1.54, 1.807) is 0 Å². The normalized spacial score (nSPS) is 28.5. The van der Waals surface area contributed by atoms with Gasteiger partial charge >= 0.3 is 0 Å². The lowest BCUT2D eigenvalue weighted by Gasteiger charge is -2.48. The first-order valence-electron chi connectivity index (χ1n) is 7.81. The van der Waals surface area contributed by atoms with Crippen molar-refractivity contribution in [2.24, 2.45) is 5.92 Å². The van der Waals surface area contributed by atoms with Crippen LogP contribution in [0.3, 0.4) is 0 Å². The fourth-order valence-corrected chi connectivity index (χ4v) is 3.90. The van der Waals surface area contributed by atoms with Gasteiger partial charge in [-0.1, -0.05) is 20.8 Å². The van der Waals surface area contributed by atoms with E-state index in [2.05, 4.69) is 42.7 Å². The molecule has 0 aromatic rings. The van der Waals surface area contributed by atoms with Crippen LogP contribution >= 0.6 is 11.8 Å². The van der Waals surface area contributed by atoms with Crippen LogP contribution in [0.15, 0.2) is 0 Å². The zero-order chi connectivity index (χ0) is 13.0. The zero-order valence-corrected chi connectivity index (χ0v) is 13.2. The van der Waals surface area contributed by atoms with Crippen LogP contribution in [0.2, 0.25) is 0 Å². The van der Waals surface area contributed by atoms with E-state index in [1.165, 1.54) is 56.8 Å². The van der Waals surface area contributed by atoms with Gasteiger partial charge in [-0.25, -0.2) is 0 Å². The van der Waals surface area contributed by atoms with E-state index in [9.17, 15) is 0 Å². The molecule has 2 nitrogen and oxygen atoms in total. The first-order chi connectivity index (χ1) is 8.74. The summed E-state index contributed by atoms with van der Waals surface area (Å²) in [5.74, 6) is 3.56. The van der Waals surface area contributed by atoms with Crippen LogP contribution in [0.1, 0.15) is 46.5 Å². The van der Waals surface area contributed by atoms with Crippen LogP contribution < -0.4 is 5.32 Å². The van der Waals surface area contributed by atoms with Gasteiger partial charge in [0.2, 0.25) is 0 Å². The van der Waals surface area contributed by atoms with E-state index in [-0.39, 0.29) is 0 Å². The molecule has 1 aliphatic heterocycles.